The van der Waals surface area contributed by atoms with Crippen molar-refractivity contribution in [3.63, 3.8) is 0 Å². The van der Waals surface area contributed by atoms with E-state index in [2.05, 4.69) is 10.6 Å². The number of urea groups is 1. The smallest absolute Gasteiger partial charge is 0.321 e. The number of hydroxylamine groups is 1. The molecule has 32 heavy (non-hydrogen) atoms. The number of unbranched alkanes of at least 4 members (excludes halogenated alkanes) is 2. The quantitative estimate of drug-likeness (QED) is 0.154. The second-order valence-corrected chi connectivity index (χ2v) is 6.79. The van der Waals surface area contributed by atoms with Crippen molar-refractivity contribution in [3.05, 3.63) is 71.0 Å². The summed E-state index contributed by atoms with van der Waals surface area (Å²) >= 11 is 0. The van der Waals surface area contributed by atoms with E-state index in [0.717, 1.165) is 24.3 Å². The molecule has 4 N–H and O–H groups in total. The Morgan fingerprint density at radius 2 is 1.62 bits per heavy atom. The number of nitrogens with one attached hydrogen (secondary N) is 3. The Balaban J connectivity index is 2.02. The zero-order chi connectivity index (χ0) is 23.5. The van der Waals surface area contributed by atoms with E-state index in [9.17, 15) is 27.6 Å². The van der Waals surface area contributed by atoms with Crippen LogP contribution in [0, 0.1) is 17.5 Å². The number of carbonyl (C=O) groups is 3. The maximum absolute atomic E-state index is 13.5. The van der Waals surface area contributed by atoms with Gasteiger partial charge in [0, 0.05) is 18.5 Å². The van der Waals surface area contributed by atoms with Gasteiger partial charge in [-0.15, -0.1) is 0 Å². The van der Waals surface area contributed by atoms with Crippen molar-refractivity contribution in [1.82, 2.24) is 16.1 Å². The molecule has 4 amide bonds. The highest BCUT2D eigenvalue weighted by molar-refractivity contribution is 6.27. The van der Waals surface area contributed by atoms with Crippen LogP contribution in [0.15, 0.2) is 42.5 Å². The second kappa shape index (κ2) is 12.3. The fraction of sp³-hybridized carbons (Fsp3) is 0.227. The topological polar surface area (TPSA) is 108 Å². The van der Waals surface area contributed by atoms with Crippen LogP contribution in [0.3, 0.4) is 0 Å². The molecule has 7 nitrogen and oxygen atoms in total. The third-order valence-corrected chi connectivity index (χ3v) is 4.37. The molecule has 2 rings (SSSR count). The van der Waals surface area contributed by atoms with E-state index in [0.29, 0.717) is 19.3 Å². The van der Waals surface area contributed by atoms with Crippen LogP contribution in [-0.2, 0) is 9.59 Å². The van der Waals surface area contributed by atoms with Crippen LogP contribution in [0.1, 0.15) is 36.8 Å². The summed E-state index contributed by atoms with van der Waals surface area (Å²) in [6.45, 7) is 0.235. The van der Waals surface area contributed by atoms with E-state index in [1.54, 1.807) is 0 Å². The number of imide groups is 1. The number of rotatable bonds is 9. The van der Waals surface area contributed by atoms with Crippen LogP contribution < -0.4 is 16.1 Å². The molecular weight excluding hydrogens is 427 g/mol. The van der Waals surface area contributed by atoms with Gasteiger partial charge in [0.15, 0.2) is 11.6 Å². The highest BCUT2D eigenvalue weighted by Crippen LogP contribution is 2.20. The molecule has 0 saturated heterocycles. The van der Waals surface area contributed by atoms with Gasteiger partial charge >= 0.3 is 6.03 Å². The van der Waals surface area contributed by atoms with Crippen molar-refractivity contribution in [2.45, 2.75) is 25.7 Å². The molecule has 0 aliphatic heterocycles. The summed E-state index contributed by atoms with van der Waals surface area (Å²) in [4.78, 5) is 35.6. The summed E-state index contributed by atoms with van der Waals surface area (Å²) < 4.78 is 40.0. The van der Waals surface area contributed by atoms with Crippen LogP contribution >= 0.6 is 0 Å². The normalized spacial score (nSPS) is 11.1. The first-order valence-corrected chi connectivity index (χ1v) is 9.75. The summed E-state index contributed by atoms with van der Waals surface area (Å²) in [5.74, 6) is -4.01. The minimum Gasteiger partial charge on any atom is -0.338 e. The highest BCUT2D eigenvalue weighted by Gasteiger charge is 2.16. The lowest BCUT2D eigenvalue weighted by atomic mass is 10.0. The number of halogens is 3. The minimum absolute atomic E-state index is 0.0545. The molecule has 0 fully saturated rings. The van der Waals surface area contributed by atoms with Gasteiger partial charge in [0.05, 0.1) is 0 Å². The summed E-state index contributed by atoms with van der Waals surface area (Å²) in [7, 11) is 0. The predicted molar refractivity (Wildman–Crippen MR) is 111 cm³/mol. The molecule has 0 saturated carbocycles. The molecule has 0 bridgehead atoms. The fourth-order valence-corrected chi connectivity index (χ4v) is 2.74. The summed E-state index contributed by atoms with van der Waals surface area (Å²) in [6.07, 6.45) is 3.07. The van der Waals surface area contributed by atoms with E-state index < -0.39 is 35.3 Å². The summed E-state index contributed by atoms with van der Waals surface area (Å²) in [5, 5.41) is 13.0. The highest BCUT2D eigenvalue weighted by atomic mass is 19.2. The standard InChI is InChI=1S/C22H22F3N3O4/c23-16-8-6-15(7-9-16)17(12-14-5-10-18(24)19(25)13-14)21(30)27-22(31)26-11-3-1-2-4-20(29)28-32/h5-10,12-13,32H,1-4,11H2,(H,28,29)(H2,26,27,30,31)/b17-12+. The Morgan fingerprint density at radius 3 is 2.28 bits per heavy atom. The largest absolute Gasteiger partial charge is 0.338 e. The molecule has 0 unspecified atom stereocenters. The zero-order valence-corrected chi connectivity index (χ0v) is 17.0. The van der Waals surface area contributed by atoms with Gasteiger partial charge in [-0.05, 0) is 54.3 Å². The molecule has 170 valence electrons. The summed E-state index contributed by atoms with van der Waals surface area (Å²) in [6, 6.07) is 7.16. The van der Waals surface area contributed by atoms with E-state index in [1.807, 2.05) is 0 Å². The number of carbonyl (C=O) groups excluding carboxylic acids is 3. The van der Waals surface area contributed by atoms with Crippen molar-refractivity contribution in [1.29, 1.82) is 0 Å². The van der Waals surface area contributed by atoms with Crippen LogP contribution in [0.2, 0.25) is 0 Å². The van der Waals surface area contributed by atoms with Crippen molar-refractivity contribution in [2.75, 3.05) is 6.54 Å². The first-order valence-electron chi connectivity index (χ1n) is 9.75. The maximum atomic E-state index is 13.5. The van der Waals surface area contributed by atoms with Gasteiger partial charge in [0.2, 0.25) is 5.91 Å². The van der Waals surface area contributed by atoms with Gasteiger partial charge in [-0.2, -0.15) is 0 Å². The van der Waals surface area contributed by atoms with Gasteiger partial charge in [-0.3, -0.25) is 20.1 Å². The van der Waals surface area contributed by atoms with Crippen LogP contribution in [0.25, 0.3) is 11.6 Å². The van der Waals surface area contributed by atoms with Crippen molar-refractivity contribution >= 4 is 29.5 Å². The third kappa shape index (κ3) is 7.88. The van der Waals surface area contributed by atoms with Gasteiger partial charge in [-0.1, -0.05) is 24.6 Å². The minimum atomic E-state index is -1.10. The molecule has 0 atom stereocenters. The molecular formula is C22H22F3N3O4. The molecule has 0 radical (unpaired) electrons. The number of benzene rings is 2. The average Bonchev–Trinajstić information content (AvgIpc) is 2.77. The molecule has 10 heteroatoms. The van der Waals surface area contributed by atoms with E-state index in [-0.39, 0.29) is 29.7 Å². The van der Waals surface area contributed by atoms with Gasteiger partial charge in [0.1, 0.15) is 5.82 Å². The van der Waals surface area contributed by atoms with E-state index >= 15 is 0 Å². The van der Waals surface area contributed by atoms with Gasteiger partial charge < -0.3 is 5.32 Å². The van der Waals surface area contributed by atoms with Gasteiger partial charge in [0.25, 0.3) is 5.91 Å². The average molecular weight is 449 g/mol. The first kappa shape index (κ1) is 24.6. The van der Waals surface area contributed by atoms with Crippen LogP contribution in [0.4, 0.5) is 18.0 Å². The molecule has 2 aromatic carbocycles. The maximum Gasteiger partial charge on any atom is 0.321 e. The predicted octanol–water partition coefficient (Wildman–Crippen LogP) is 3.54. The summed E-state index contributed by atoms with van der Waals surface area (Å²) in [5.41, 5.74) is 1.91. The molecule has 0 aromatic heterocycles. The molecule has 0 spiro atoms. The van der Waals surface area contributed by atoms with Crippen molar-refractivity contribution in [2.24, 2.45) is 0 Å². The lowest BCUT2D eigenvalue weighted by Crippen LogP contribution is -2.40. The van der Waals surface area contributed by atoms with E-state index in [4.69, 9.17) is 5.21 Å². The lowest BCUT2D eigenvalue weighted by molar-refractivity contribution is -0.129. The SMILES string of the molecule is O=C(CCCCCNC(=O)NC(=O)/C(=C/c1ccc(F)c(F)c1)c1ccc(F)cc1)NO. The Bertz CT molecular complexity index is 994. The van der Waals surface area contributed by atoms with Crippen LogP contribution in [-0.4, -0.2) is 29.6 Å². The van der Waals surface area contributed by atoms with E-state index in [1.165, 1.54) is 29.8 Å². The number of hydrogen-bond donors (Lipinski definition) is 4. The molecule has 0 aliphatic carbocycles. The Hall–Kier alpha value is -3.66. The molecule has 0 aliphatic rings. The van der Waals surface area contributed by atoms with Gasteiger partial charge in [-0.25, -0.2) is 23.4 Å². The number of amides is 4. The van der Waals surface area contributed by atoms with Crippen molar-refractivity contribution in [3.8, 4) is 0 Å². The molecule has 2 aromatic rings. The Morgan fingerprint density at radius 1 is 0.906 bits per heavy atom. The first-order chi connectivity index (χ1) is 15.3. The Kier molecular flexibility index (Phi) is 9.43. The third-order valence-electron chi connectivity index (χ3n) is 4.37. The Labute approximate surface area is 182 Å². The molecule has 0 heterocycles. The number of hydrogen-bond acceptors (Lipinski definition) is 4. The zero-order valence-electron chi connectivity index (χ0n) is 17.0. The van der Waals surface area contributed by atoms with Crippen LogP contribution in [0.5, 0.6) is 0 Å². The van der Waals surface area contributed by atoms with Crippen molar-refractivity contribution < 1.29 is 32.8 Å². The monoisotopic (exact) mass is 449 g/mol. The second-order valence-electron chi connectivity index (χ2n) is 6.79. The lowest BCUT2D eigenvalue weighted by Gasteiger charge is -2.10. The fourth-order valence-electron chi connectivity index (χ4n) is 2.74.